The van der Waals surface area contributed by atoms with E-state index in [9.17, 15) is 4.79 Å². The zero-order valence-electron chi connectivity index (χ0n) is 11.7. The fraction of sp³-hybridized carbons (Fsp3) is 0.533. The first-order chi connectivity index (χ1) is 9.27. The van der Waals surface area contributed by atoms with E-state index in [1.807, 2.05) is 23.1 Å². The third-order valence-electron chi connectivity index (χ3n) is 3.49. The second kappa shape index (κ2) is 6.57. The highest BCUT2D eigenvalue weighted by molar-refractivity contribution is 5.96. The predicted molar refractivity (Wildman–Crippen MR) is 76.8 cm³/mol. The monoisotopic (exact) mass is 262 g/mol. The summed E-state index contributed by atoms with van der Waals surface area (Å²) in [7, 11) is 1.68. The van der Waals surface area contributed by atoms with Crippen LogP contribution in [-0.2, 0) is 11.2 Å². The summed E-state index contributed by atoms with van der Waals surface area (Å²) >= 11 is 0. The van der Waals surface area contributed by atoms with Crippen molar-refractivity contribution in [2.75, 3.05) is 31.6 Å². The number of benzene rings is 1. The van der Waals surface area contributed by atoms with Crippen molar-refractivity contribution in [3.63, 3.8) is 0 Å². The highest BCUT2D eigenvalue weighted by Gasteiger charge is 2.25. The average molecular weight is 262 g/mol. The van der Waals surface area contributed by atoms with Gasteiger partial charge in [-0.1, -0.05) is 13.0 Å². The first kappa shape index (κ1) is 13.9. The molecule has 0 fully saturated rings. The molecule has 1 aromatic rings. The van der Waals surface area contributed by atoms with Crippen LogP contribution in [-0.4, -0.2) is 32.7 Å². The van der Waals surface area contributed by atoms with Gasteiger partial charge < -0.3 is 15.0 Å². The van der Waals surface area contributed by atoms with Crippen molar-refractivity contribution in [2.45, 2.75) is 26.2 Å². The van der Waals surface area contributed by atoms with Gasteiger partial charge in [-0.05, 0) is 38.1 Å². The Morgan fingerprint density at radius 3 is 2.95 bits per heavy atom. The number of carbonyl (C=O) groups is 1. The Bertz CT molecular complexity index is 446. The molecule has 0 unspecified atom stereocenters. The van der Waals surface area contributed by atoms with Gasteiger partial charge in [-0.15, -0.1) is 0 Å². The van der Waals surface area contributed by atoms with E-state index in [4.69, 9.17) is 4.74 Å². The maximum absolute atomic E-state index is 12.1. The van der Waals surface area contributed by atoms with Crippen molar-refractivity contribution in [3.8, 4) is 5.75 Å². The Balaban J connectivity index is 2.14. The molecule has 0 saturated carbocycles. The molecule has 1 aromatic carbocycles. The van der Waals surface area contributed by atoms with Crippen molar-refractivity contribution in [1.29, 1.82) is 0 Å². The maximum Gasteiger partial charge on any atom is 0.227 e. The van der Waals surface area contributed by atoms with Crippen LogP contribution in [0.3, 0.4) is 0 Å². The zero-order chi connectivity index (χ0) is 13.7. The van der Waals surface area contributed by atoms with Crippen LogP contribution in [0.25, 0.3) is 0 Å². The number of carbonyl (C=O) groups excluding carboxylic acids is 1. The van der Waals surface area contributed by atoms with Gasteiger partial charge in [-0.25, -0.2) is 0 Å². The second-order valence-electron chi connectivity index (χ2n) is 4.71. The molecule has 0 bridgehead atoms. The molecule has 1 aliphatic rings. The number of amides is 1. The lowest BCUT2D eigenvalue weighted by Crippen LogP contribution is -2.37. The molecule has 4 nitrogen and oxygen atoms in total. The molecule has 0 atom stereocenters. The molecule has 0 spiro atoms. The van der Waals surface area contributed by atoms with Gasteiger partial charge in [0.05, 0.1) is 12.8 Å². The first-order valence-electron chi connectivity index (χ1n) is 6.95. The van der Waals surface area contributed by atoms with E-state index in [1.165, 1.54) is 0 Å². The van der Waals surface area contributed by atoms with Gasteiger partial charge in [0.1, 0.15) is 5.75 Å². The van der Waals surface area contributed by atoms with Gasteiger partial charge in [0.25, 0.3) is 0 Å². The summed E-state index contributed by atoms with van der Waals surface area (Å²) in [5.41, 5.74) is 2.18. The molecule has 1 N–H and O–H groups in total. The van der Waals surface area contributed by atoms with Gasteiger partial charge >= 0.3 is 0 Å². The summed E-state index contributed by atoms with van der Waals surface area (Å²) in [4.78, 5) is 14.0. The quantitative estimate of drug-likeness (QED) is 0.797. The summed E-state index contributed by atoms with van der Waals surface area (Å²) in [6.07, 6.45) is 2.33. The summed E-state index contributed by atoms with van der Waals surface area (Å²) < 4.78 is 5.39. The Kier molecular flexibility index (Phi) is 4.80. The Morgan fingerprint density at radius 2 is 2.21 bits per heavy atom. The SMILES string of the molecule is CCNCCCN1C(=O)CCc2c(OC)cccc21. The summed E-state index contributed by atoms with van der Waals surface area (Å²) in [6.45, 7) is 4.77. The minimum Gasteiger partial charge on any atom is -0.496 e. The Hall–Kier alpha value is -1.55. The molecule has 0 radical (unpaired) electrons. The average Bonchev–Trinajstić information content (AvgIpc) is 2.44. The van der Waals surface area contributed by atoms with E-state index in [0.717, 1.165) is 49.5 Å². The predicted octanol–water partition coefficient (Wildman–Crippen LogP) is 1.97. The lowest BCUT2D eigenvalue weighted by atomic mass is 10.00. The van der Waals surface area contributed by atoms with Crippen LogP contribution in [0.4, 0.5) is 5.69 Å². The van der Waals surface area contributed by atoms with Gasteiger partial charge in [0.15, 0.2) is 0 Å². The van der Waals surface area contributed by atoms with E-state index in [1.54, 1.807) is 7.11 Å². The van der Waals surface area contributed by atoms with E-state index in [2.05, 4.69) is 12.2 Å². The van der Waals surface area contributed by atoms with Gasteiger partial charge in [-0.3, -0.25) is 4.79 Å². The number of anilines is 1. The first-order valence-corrected chi connectivity index (χ1v) is 6.95. The molecule has 1 aliphatic heterocycles. The number of nitrogens with zero attached hydrogens (tertiary/aromatic N) is 1. The number of rotatable bonds is 6. The number of nitrogens with one attached hydrogen (secondary N) is 1. The molecule has 0 aromatic heterocycles. The number of fused-ring (bicyclic) bond motifs is 1. The standard InChI is InChI=1S/C15H22N2O2/c1-3-16-10-5-11-17-13-6-4-7-14(19-2)12(13)8-9-15(17)18/h4,6-7,16H,3,5,8-11H2,1-2H3. The van der Waals surface area contributed by atoms with Crippen LogP contribution >= 0.6 is 0 Å². The Labute approximate surface area is 114 Å². The van der Waals surface area contributed by atoms with E-state index < -0.39 is 0 Å². The third kappa shape index (κ3) is 3.07. The van der Waals surface area contributed by atoms with Crippen LogP contribution in [0.1, 0.15) is 25.3 Å². The highest BCUT2D eigenvalue weighted by atomic mass is 16.5. The van der Waals surface area contributed by atoms with Crippen molar-refractivity contribution in [2.24, 2.45) is 0 Å². The topological polar surface area (TPSA) is 41.6 Å². The summed E-state index contributed by atoms with van der Waals surface area (Å²) in [6, 6.07) is 5.93. The molecular weight excluding hydrogens is 240 g/mol. The van der Waals surface area contributed by atoms with Crippen LogP contribution in [0.5, 0.6) is 5.75 Å². The molecule has 19 heavy (non-hydrogen) atoms. The second-order valence-corrected chi connectivity index (χ2v) is 4.71. The van der Waals surface area contributed by atoms with Crippen molar-refractivity contribution in [3.05, 3.63) is 23.8 Å². The number of hydrogen-bond donors (Lipinski definition) is 1. The normalized spacial score (nSPS) is 14.4. The van der Waals surface area contributed by atoms with Gasteiger partial charge in [-0.2, -0.15) is 0 Å². The molecule has 2 rings (SSSR count). The van der Waals surface area contributed by atoms with E-state index in [-0.39, 0.29) is 5.91 Å². The summed E-state index contributed by atoms with van der Waals surface area (Å²) in [5, 5.41) is 3.29. The number of hydrogen-bond acceptors (Lipinski definition) is 3. The smallest absolute Gasteiger partial charge is 0.227 e. The third-order valence-corrected chi connectivity index (χ3v) is 3.49. The molecule has 104 valence electrons. The largest absolute Gasteiger partial charge is 0.496 e. The fourth-order valence-corrected chi connectivity index (χ4v) is 2.53. The highest BCUT2D eigenvalue weighted by Crippen LogP contribution is 2.34. The fourth-order valence-electron chi connectivity index (χ4n) is 2.53. The minimum atomic E-state index is 0.220. The van der Waals surface area contributed by atoms with E-state index >= 15 is 0 Å². The zero-order valence-corrected chi connectivity index (χ0v) is 11.7. The maximum atomic E-state index is 12.1. The molecule has 4 heteroatoms. The molecule has 0 saturated heterocycles. The van der Waals surface area contributed by atoms with Crippen LogP contribution in [0.15, 0.2) is 18.2 Å². The Morgan fingerprint density at radius 1 is 1.37 bits per heavy atom. The molecular formula is C15H22N2O2. The molecule has 0 aliphatic carbocycles. The molecule has 1 heterocycles. The van der Waals surface area contributed by atoms with E-state index in [0.29, 0.717) is 6.42 Å². The van der Waals surface area contributed by atoms with Gasteiger partial charge in [0.2, 0.25) is 5.91 Å². The lowest BCUT2D eigenvalue weighted by molar-refractivity contribution is -0.118. The minimum absolute atomic E-state index is 0.220. The van der Waals surface area contributed by atoms with Crippen molar-refractivity contribution in [1.82, 2.24) is 5.32 Å². The van der Waals surface area contributed by atoms with Crippen LogP contribution in [0, 0.1) is 0 Å². The number of methoxy groups -OCH3 is 1. The summed E-state index contributed by atoms with van der Waals surface area (Å²) in [5.74, 6) is 1.11. The van der Waals surface area contributed by atoms with Crippen molar-refractivity contribution >= 4 is 11.6 Å². The number of ether oxygens (including phenoxy) is 1. The van der Waals surface area contributed by atoms with Crippen LogP contribution < -0.4 is 15.0 Å². The van der Waals surface area contributed by atoms with Gasteiger partial charge in [0, 0.05) is 18.5 Å². The lowest BCUT2D eigenvalue weighted by Gasteiger charge is -2.30. The van der Waals surface area contributed by atoms with Crippen LogP contribution in [0.2, 0.25) is 0 Å². The van der Waals surface area contributed by atoms with Crippen molar-refractivity contribution < 1.29 is 9.53 Å². The molecule has 1 amide bonds.